The fourth-order valence-corrected chi connectivity index (χ4v) is 4.35. The van der Waals surface area contributed by atoms with Gasteiger partial charge in [-0.25, -0.2) is 4.79 Å². The largest absolute Gasteiger partial charge is 0.507 e. The normalized spacial score (nSPS) is 20.7. The first kappa shape index (κ1) is 20.7. The highest BCUT2D eigenvalue weighted by Crippen LogP contribution is 2.36. The molecule has 0 aliphatic carbocycles. The molecule has 1 unspecified atom stereocenters. The number of phenolic OH excluding ortho intramolecular Hbond substituents is 1. The lowest BCUT2D eigenvalue weighted by molar-refractivity contribution is 0.0779. The second kappa shape index (κ2) is 8.66. The number of benzene rings is 2. The fourth-order valence-electron chi connectivity index (χ4n) is 4.22. The lowest BCUT2D eigenvalue weighted by atomic mass is 9.87. The average molecular weight is 428 g/mol. The maximum atomic E-state index is 12.1. The van der Waals surface area contributed by atoms with Gasteiger partial charge in [0.25, 0.3) is 0 Å². The lowest BCUT2D eigenvalue weighted by Gasteiger charge is -2.45. The second-order valence-electron chi connectivity index (χ2n) is 7.75. The van der Waals surface area contributed by atoms with E-state index < -0.39 is 5.66 Å². The quantitative estimate of drug-likeness (QED) is 0.755. The Kier molecular flexibility index (Phi) is 5.97. The molecule has 2 aromatic rings. The van der Waals surface area contributed by atoms with E-state index in [1.54, 1.807) is 11.0 Å². The number of ether oxygens (including phenoxy) is 1. The van der Waals surface area contributed by atoms with Crippen molar-refractivity contribution in [3.8, 4) is 5.75 Å². The van der Waals surface area contributed by atoms with Gasteiger partial charge in [0.2, 0.25) is 0 Å². The van der Waals surface area contributed by atoms with Crippen molar-refractivity contribution in [1.29, 1.82) is 0 Å². The number of carbonyl (C=O) groups excluding carboxylic acids is 1. The summed E-state index contributed by atoms with van der Waals surface area (Å²) in [5.74, 6) is 0.229. The molecule has 0 saturated carbocycles. The monoisotopic (exact) mass is 427 g/mol. The smallest absolute Gasteiger partial charge is 0.409 e. The zero-order chi connectivity index (χ0) is 21.1. The molecule has 1 saturated heterocycles. The van der Waals surface area contributed by atoms with Crippen molar-refractivity contribution < 1.29 is 14.6 Å². The van der Waals surface area contributed by atoms with Crippen LogP contribution in [0.2, 0.25) is 5.02 Å². The summed E-state index contributed by atoms with van der Waals surface area (Å²) in [6, 6.07) is 15.2. The van der Waals surface area contributed by atoms with Crippen LogP contribution in [-0.2, 0) is 4.74 Å². The van der Waals surface area contributed by atoms with Crippen molar-refractivity contribution in [2.75, 3.05) is 19.7 Å². The van der Waals surface area contributed by atoms with Crippen LogP contribution in [0.4, 0.5) is 4.79 Å². The number of nitrogens with zero attached hydrogens (tertiary/aromatic N) is 2. The van der Waals surface area contributed by atoms with Crippen LogP contribution in [0.15, 0.2) is 53.5 Å². The first-order valence-corrected chi connectivity index (χ1v) is 10.7. The number of hydrogen-bond acceptors (Lipinski definition) is 5. The Hall–Kier alpha value is -2.57. The molecule has 2 aliphatic heterocycles. The molecule has 30 heavy (non-hydrogen) atoms. The van der Waals surface area contributed by atoms with Crippen LogP contribution in [0.25, 0.3) is 0 Å². The van der Waals surface area contributed by atoms with E-state index in [-0.39, 0.29) is 17.9 Å². The minimum atomic E-state index is -0.497. The molecule has 1 atom stereocenters. The molecule has 7 heteroatoms. The minimum Gasteiger partial charge on any atom is -0.507 e. The second-order valence-corrected chi connectivity index (χ2v) is 8.18. The third kappa shape index (κ3) is 4.30. The van der Waals surface area contributed by atoms with Crippen LogP contribution < -0.4 is 5.32 Å². The van der Waals surface area contributed by atoms with Gasteiger partial charge in [0.1, 0.15) is 11.4 Å². The summed E-state index contributed by atoms with van der Waals surface area (Å²) in [7, 11) is 0. The van der Waals surface area contributed by atoms with E-state index in [1.807, 2.05) is 49.4 Å². The number of hydrogen-bond donors (Lipinski definition) is 2. The Balaban J connectivity index is 1.64. The Morgan fingerprint density at radius 2 is 1.93 bits per heavy atom. The Morgan fingerprint density at radius 3 is 2.60 bits per heavy atom. The molecule has 0 radical (unpaired) electrons. The molecule has 2 N–H and O–H groups in total. The van der Waals surface area contributed by atoms with Gasteiger partial charge in [-0.05, 0) is 36.8 Å². The molecule has 1 amide bonds. The van der Waals surface area contributed by atoms with E-state index in [1.165, 1.54) is 0 Å². The van der Waals surface area contributed by atoms with Gasteiger partial charge in [0.05, 0.1) is 6.61 Å². The predicted octanol–water partition coefficient (Wildman–Crippen LogP) is 4.52. The molecule has 158 valence electrons. The number of halogens is 1. The molecule has 6 nitrogen and oxygen atoms in total. The number of aromatic hydroxyl groups is 1. The number of phenols is 1. The number of amides is 1. The maximum absolute atomic E-state index is 12.1. The summed E-state index contributed by atoms with van der Waals surface area (Å²) in [4.78, 5) is 18.9. The van der Waals surface area contributed by atoms with E-state index in [4.69, 9.17) is 21.3 Å². The fraction of sp³-hybridized carbons (Fsp3) is 0.391. The number of nitrogens with one attached hydrogen (secondary N) is 1. The van der Waals surface area contributed by atoms with Gasteiger partial charge in [-0.1, -0.05) is 35.9 Å². The summed E-state index contributed by atoms with van der Waals surface area (Å²) < 4.78 is 5.15. The molecule has 2 aromatic carbocycles. The third-order valence-electron chi connectivity index (χ3n) is 5.79. The molecule has 0 bridgehead atoms. The summed E-state index contributed by atoms with van der Waals surface area (Å²) >= 11 is 6.08. The van der Waals surface area contributed by atoms with Crippen molar-refractivity contribution in [2.24, 2.45) is 4.99 Å². The number of piperidine rings is 1. The zero-order valence-corrected chi connectivity index (χ0v) is 17.7. The summed E-state index contributed by atoms with van der Waals surface area (Å²) in [6.45, 7) is 3.31. The number of para-hydroxylation sites is 1. The van der Waals surface area contributed by atoms with E-state index in [2.05, 4.69) is 5.32 Å². The molecule has 0 aromatic heterocycles. The molecule has 1 spiro atoms. The maximum Gasteiger partial charge on any atom is 0.409 e. The topological polar surface area (TPSA) is 74.2 Å². The molecular weight excluding hydrogens is 402 g/mol. The highest BCUT2D eigenvalue weighted by atomic mass is 35.5. The number of aliphatic imine (C=N–C) groups is 1. The predicted molar refractivity (Wildman–Crippen MR) is 117 cm³/mol. The number of rotatable bonds is 3. The number of carbonyl (C=O) groups is 1. The lowest BCUT2D eigenvalue weighted by Crippen LogP contribution is -2.56. The van der Waals surface area contributed by atoms with Crippen LogP contribution in [0.1, 0.15) is 43.4 Å². The highest BCUT2D eigenvalue weighted by molar-refractivity contribution is 6.30. The molecule has 2 heterocycles. The summed E-state index contributed by atoms with van der Waals surface area (Å²) in [5.41, 5.74) is 2.25. The van der Waals surface area contributed by atoms with Crippen molar-refractivity contribution in [3.05, 3.63) is 64.7 Å². The standard InChI is InChI=1S/C23H26ClN3O3/c1-2-30-22(29)27-13-11-23(12-14-27)25-19(16-7-9-17(24)10-8-16)15-20(26-23)18-5-3-4-6-21(18)28/h3-10,19,25,28H,2,11-15H2,1H3. The van der Waals surface area contributed by atoms with Gasteiger partial charge in [-0.3, -0.25) is 10.3 Å². The Labute approximate surface area is 181 Å². The van der Waals surface area contributed by atoms with Gasteiger partial charge >= 0.3 is 6.09 Å². The number of likely N-dealkylation sites (tertiary alicyclic amines) is 1. The SMILES string of the molecule is CCOC(=O)N1CCC2(CC1)N=C(c1ccccc1O)CC(c1ccc(Cl)cc1)N2. The van der Waals surface area contributed by atoms with Crippen LogP contribution >= 0.6 is 11.6 Å². The van der Waals surface area contributed by atoms with Crippen LogP contribution in [0, 0.1) is 0 Å². The highest BCUT2D eigenvalue weighted by Gasteiger charge is 2.41. The van der Waals surface area contributed by atoms with Crippen LogP contribution in [0.5, 0.6) is 5.75 Å². The summed E-state index contributed by atoms with van der Waals surface area (Å²) in [6.07, 6.45) is 1.73. The van der Waals surface area contributed by atoms with Gasteiger partial charge in [0, 0.05) is 54.7 Å². The average Bonchev–Trinajstić information content (AvgIpc) is 2.75. The molecular formula is C23H26ClN3O3. The first-order valence-electron chi connectivity index (χ1n) is 10.3. The first-order chi connectivity index (χ1) is 14.5. The van der Waals surface area contributed by atoms with Crippen LogP contribution in [0.3, 0.4) is 0 Å². The minimum absolute atomic E-state index is 0.0310. The Morgan fingerprint density at radius 1 is 1.23 bits per heavy atom. The van der Waals surface area contributed by atoms with Gasteiger partial charge in [0.15, 0.2) is 0 Å². The Bertz CT molecular complexity index is 937. The van der Waals surface area contributed by atoms with Crippen molar-refractivity contribution in [2.45, 2.75) is 37.9 Å². The van der Waals surface area contributed by atoms with Crippen molar-refractivity contribution in [1.82, 2.24) is 10.2 Å². The van der Waals surface area contributed by atoms with Crippen molar-refractivity contribution >= 4 is 23.4 Å². The molecule has 1 fully saturated rings. The zero-order valence-electron chi connectivity index (χ0n) is 17.0. The van der Waals surface area contributed by atoms with E-state index in [9.17, 15) is 9.90 Å². The molecule has 4 rings (SSSR count). The van der Waals surface area contributed by atoms with Gasteiger partial charge in [-0.15, -0.1) is 0 Å². The molecule has 2 aliphatic rings. The van der Waals surface area contributed by atoms with E-state index in [0.717, 1.165) is 16.8 Å². The summed E-state index contributed by atoms with van der Waals surface area (Å²) in [5, 5.41) is 14.8. The van der Waals surface area contributed by atoms with Crippen molar-refractivity contribution in [3.63, 3.8) is 0 Å². The third-order valence-corrected chi connectivity index (χ3v) is 6.05. The van der Waals surface area contributed by atoms with E-state index in [0.29, 0.717) is 44.0 Å². The van der Waals surface area contributed by atoms with Gasteiger partial charge in [-0.2, -0.15) is 0 Å². The van der Waals surface area contributed by atoms with E-state index >= 15 is 0 Å². The van der Waals surface area contributed by atoms with Crippen LogP contribution in [-0.4, -0.2) is 47.2 Å². The van der Waals surface area contributed by atoms with Gasteiger partial charge < -0.3 is 14.7 Å².